The van der Waals surface area contributed by atoms with E-state index in [1.54, 1.807) is 6.20 Å². The predicted octanol–water partition coefficient (Wildman–Crippen LogP) is 2.07. The van der Waals surface area contributed by atoms with Crippen LogP contribution in [0, 0.1) is 0 Å². The molecule has 2 rings (SSSR count). The van der Waals surface area contributed by atoms with Crippen molar-refractivity contribution in [3.63, 3.8) is 0 Å². The number of hydrogen-bond donors (Lipinski definition) is 2. The Morgan fingerprint density at radius 3 is 2.90 bits per heavy atom. The molecule has 2 aromatic heterocycles. The number of aliphatic hydroxyl groups excluding tert-OH is 1. The second-order valence-corrected chi connectivity index (χ2v) is 7.51. The Morgan fingerprint density at radius 1 is 1.60 bits per heavy atom. The molecule has 6 nitrogen and oxygen atoms in total. The standard InChI is InChI=1S/C11H13BrN2O4S2/c1-7(11-13-2-3-19-11)5-14-20(16,17)9-4-8(6-15)18-10(9)12/h2-4,7,14-15H,5-6H2,1H3. The monoisotopic (exact) mass is 380 g/mol. The number of furan rings is 1. The summed E-state index contributed by atoms with van der Waals surface area (Å²) in [5.41, 5.74) is 0. The van der Waals surface area contributed by atoms with Crippen molar-refractivity contribution in [3.05, 3.63) is 33.1 Å². The van der Waals surface area contributed by atoms with E-state index in [-0.39, 0.29) is 34.4 Å². The number of sulfonamides is 1. The summed E-state index contributed by atoms with van der Waals surface area (Å²) in [4.78, 5) is 4.13. The average Bonchev–Trinajstić information content (AvgIpc) is 3.05. The van der Waals surface area contributed by atoms with Gasteiger partial charge in [0.05, 0.1) is 5.01 Å². The van der Waals surface area contributed by atoms with E-state index in [1.165, 1.54) is 17.4 Å². The van der Waals surface area contributed by atoms with Gasteiger partial charge in [0, 0.05) is 30.1 Å². The molecule has 0 fully saturated rings. The van der Waals surface area contributed by atoms with Crippen molar-refractivity contribution >= 4 is 37.3 Å². The van der Waals surface area contributed by atoms with Gasteiger partial charge in [-0.15, -0.1) is 11.3 Å². The van der Waals surface area contributed by atoms with Gasteiger partial charge < -0.3 is 9.52 Å². The van der Waals surface area contributed by atoms with E-state index < -0.39 is 10.0 Å². The Labute approximate surface area is 129 Å². The van der Waals surface area contributed by atoms with Crippen molar-refractivity contribution in [3.8, 4) is 0 Å². The maximum absolute atomic E-state index is 12.2. The lowest BCUT2D eigenvalue weighted by Crippen LogP contribution is -2.27. The Kier molecular flexibility index (Phi) is 4.97. The van der Waals surface area contributed by atoms with Crippen molar-refractivity contribution in [2.75, 3.05) is 6.54 Å². The molecule has 9 heteroatoms. The fourth-order valence-corrected chi connectivity index (χ4v) is 4.36. The van der Waals surface area contributed by atoms with Crippen LogP contribution in [0.3, 0.4) is 0 Å². The SMILES string of the molecule is CC(CNS(=O)(=O)c1cc(CO)oc1Br)c1nccs1. The van der Waals surface area contributed by atoms with Crippen LogP contribution in [0.1, 0.15) is 23.6 Å². The van der Waals surface area contributed by atoms with Crippen LogP contribution in [0.25, 0.3) is 0 Å². The number of aliphatic hydroxyl groups is 1. The molecular weight excluding hydrogens is 368 g/mol. The van der Waals surface area contributed by atoms with E-state index in [0.29, 0.717) is 0 Å². The summed E-state index contributed by atoms with van der Waals surface area (Å²) in [6.07, 6.45) is 1.69. The zero-order chi connectivity index (χ0) is 14.8. The lowest BCUT2D eigenvalue weighted by molar-refractivity contribution is 0.245. The molecule has 0 aliphatic heterocycles. The average molecular weight is 381 g/mol. The molecule has 0 saturated heterocycles. The Bertz CT molecular complexity index is 667. The van der Waals surface area contributed by atoms with Gasteiger partial charge in [0.15, 0.2) is 4.67 Å². The lowest BCUT2D eigenvalue weighted by Gasteiger charge is -2.09. The zero-order valence-corrected chi connectivity index (χ0v) is 13.8. The van der Waals surface area contributed by atoms with E-state index >= 15 is 0 Å². The minimum atomic E-state index is -3.69. The van der Waals surface area contributed by atoms with Crippen molar-refractivity contribution < 1.29 is 17.9 Å². The van der Waals surface area contributed by atoms with E-state index in [0.717, 1.165) is 5.01 Å². The highest BCUT2D eigenvalue weighted by atomic mass is 79.9. The topological polar surface area (TPSA) is 92.4 Å². The summed E-state index contributed by atoms with van der Waals surface area (Å²) in [7, 11) is -3.69. The molecule has 2 aromatic rings. The van der Waals surface area contributed by atoms with Crippen molar-refractivity contribution in [1.82, 2.24) is 9.71 Å². The van der Waals surface area contributed by atoms with Crippen LogP contribution in [-0.2, 0) is 16.6 Å². The molecular formula is C11H13BrN2O4S2. The van der Waals surface area contributed by atoms with Crippen molar-refractivity contribution in [2.45, 2.75) is 24.3 Å². The first-order valence-electron chi connectivity index (χ1n) is 5.72. The summed E-state index contributed by atoms with van der Waals surface area (Å²) >= 11 is 4.51. The number of rotatable bonds is 6. The highest BCUT2D eigenvalue weighted by Gasteiger charge is 2.23. The summed E-state index contributed by atoms with van der Waals surface area (Å²) in [5.74, 6) is 0.165. The van der Waals surface area contributed by atoms with Crippen LogP contribution in [0.4, 0.5) is 0 Å². The Morgan fingerprint density at radius 2 is 2.35 bits per heavy atom. The molecule has 0 spiro atoms. The van der Waals surface area contributed by atoms with E-state index in [1.807, 2.05) is 12.3 Å². The normalized spacial score (nSPS) is 13.6. The van der Waals surface area contributed by atoms with Gasteiger partial charge in [0.1, 0.15) is 17.3 Å². The lowest BCUT2D eigenvalue weighted by atomic mass is 10.2. The number of aromatic nitrogens is 1. The summed E-state index contributed by atoms with van der Waals surface area (Å²) in [6, 6.07) is 1.29. The van der Waals surface area contributed by atoms with Gasteiger partial charge in [-0.2, -0.15) is 0 Å². The molecule has 1 atom stereocenters. The van der Waals surface area contributed by atoms with Gasteiger partial charge in [0.25, 0.3) is 0 Å². The maximum Gasteiger partial charge on any atom is 0.244 e. The fraction of sp³-hybridized carbons (Fsp3) is 0.364. The smallest absolute Gasteiger partial charge is 0.244 e. The molecule has 0 radical (unpaired) electrons. The highest BCUT2D eigenvalue weighted by molar-refractivity contribution is 9.10. The molecule has 0 amide bonds. The second kappa shape index (κ2) is 6.35. The summed E-state index contributed by atoms with van der Waals surface area (Å²) in [5, 5.41) is 11.7. The molecule has 0 aliphatic rings. The zero-order valence-electron chi connectivity index (χ0n) is 10.5. The Balaban J connectivity index is 2.09. The largest absolute Gasteiger partial charge is 0.450 e. The third kappa shape index (κ3) is 3.47. The molecule has 0 aliphatic carbocycles. The number of thiazole rings is 1. The third-order valence-corrected chi connectivity index (χ3v) is 5.89. The summed E-state index contributed by atoms with van der Waals surface area (Å²) in [6.45, 7) is 1.77. The van der Waals surface area contributed by atoms with Crippen LogP contribution >= 0.6 is 27.3 Å². The third-order valence-electron chi connectivity index (χ3n) is 2.60. The van der Waals surface area contributed by atoms with Gasteiger partial charge in [-0.1, -0.05) is 6.92 Å². The molecule has 0 aromatic carbocycles. The predicted molar refractivity (Wildman–Crippen MR) is 78.0 cm³/mol. The van der Waals surface area contributed by atoms with Crippen molar-refractivity contribution in [2.24, 2.45) is 0 Å². The molecule has 2 N–H and O–H groups in total. The highest BCUT2D eigenvalue weighted by Crippen LogP contribution is 2.26. The summed E-state index contributed by atoms with van der Waals surface area (Å²) < 4.78 is 32.0. The number of halogens is 1. The molecule has 2 heterocycles. The molecule has 1 unspecified atom stereocenters. The quantitative estimate of drug-likeness (QED) is 0.799. The van der Waals surface area contributed by atoms with Gasteiger partial charge in [-0.25, -0.2) is 18.1 Å². The molecule has 0 saturated carbocycles. The van der Waals surface area contributed by atoms with Crippen molar-refractivity contribution in [1.29, 1.82) is 0 Å². The van der Waals surface area contributed by atoms with E-state index in [9.17, 15) is 8.42 Å². The van der Waals surface area contributed by atoms with Gasteiger partial charge in [-0.3, -0.25) is 0 Å². The fourth-order valence-electron chi connectivity index (χ4n) is 1.54. The van der Waals surface area contributed by atoms with Gasteiger partial charge in [0.2, 0.25) is 10.0 Å². The first-order valence-corrected chi connectivity index (χ1v) is 8.87. The second-order valence-electron chi connectivity index (χ2n) is 4.13. The van der Waals surface area contributed by atoms with E-state index in [2.05, 4.69) is 25.6 Å². The molecule has 110 valence electrons. The number of hydrogen-bond acceptors (Lipinski definition) is 6. The van der Waals surface area contributed by atoms with Crippen LogP contribution in [-0.4, -0.2) is 25.1 Å². The van der Waals surface area contributed by atoms with Gasteiger partial charge in [-0.05, 0) is 15.9 Å². The number of nitrogens with one attached hydrogen (secondary N) is 1. The Hall–Kier alpha value is -0.740. The molecule has 0 bridgehead atoms. The van der Waals surface area contributed by atoms with Gasteiger partial charge >= 0.3 is 0 Å². The van der Waals surface area contributed by atoms with Crippen LogP contribution < -0.4 is 4.72 Å². The number of nitrogens with zero attached hydrogens (tertiary/aromatic N) is 1. The maximum atomic E-state index is 12.2. The van der Waals surface area contributed by atoms with Crippen LogP contribution in [0.2, 0.25) is 0 Å². The molecule has 20 heavy (non-hydrogen) atoms. The first kappa shape index (κ1) is 15.6. The minimum Gasteiger partial charge on any atom is -0.450 e. The minimum absolute atomic E-state index is 0.0205. The van der Waals surface area contributed by atoms with Crippen LogP contribution in [0.15, 0.2) is 31.6 Å². The van der Waals surface area contributed by atoms with E-state index in [4.69, 9.17) is 9.52 Å². The van der Waals surface area contributed by atoms with Crippen LogP contribution in [0.5, 0.6) is 0 Å². The first-order chi connectivity index (χ1) is 9.44.